The second-order valence-electron chi connectivity index (χ2n) is 3.31. The molecule has 6 heteroatoms. The molecule has 0 aliphatic carbocycles. The first kappa shape index (κ1) is 12.7. The van der Waals surface area contributed by atoms with Crippen LogP contribution in [0.5, 0.6) is 5.75 Å². The van der Waals surface area contributed by atoms with Gasteiger partial charge in [0.05, 0.1) is 17.6 Å². The molecule has 0 saturated heterocycles. The summed E-state index contributed by atoms with van der Waals surface area (Å²) in [5, 5.41) is 0. The molecule has 0 unspecified atom stereocenters. The predicted molar refractivity (Wildman–Crippen MR) is 59.3 cm³/mol. The van der Waals surface area contributed by atoms with Crippen LogP contribution < -0.4 is 4.74 Å². The highest BCUT2D eigenvalue weighted by Crippen LogP contribution is 2.22. The molecule has 5 nitrogen and oxygen atoms in total. The minimum Gasteiger partial charge on any atom is -0.496 e. The third-order valence-corrected chi connectivity index (χ3v) is 3.92. The van der Waals surface area contributed by atoms with E-state index in [2.05, 4.69) is 0 Å². The lowest BCUT2D eigenvalue weighted by atomic mass is 10.2. The molecule has 0 N–H and O–H groups in total. The van der Waals surface area contributed by atoms with Gasteiger partial charge in [0.25, 0.3) is 0 Å². The van der Waals surface area contributed by atoms with Gasteiger partial charge in [0, 0.05) is 14.1 Å². The summed E-state index contributed by atoms with van der Waals surface area (Å²) in [6.07, 6.45) is 0.563. The Hall–Kier alpha value is -1.40. The molecule has 0 heterocycles. The third-order valence-electron chi connectivity index (χ3n) is 2.11. The van der Waals surface area contributed by atoms with E-state index in [1.54, 1.807) is 0 Å². The van der Waals surface area contributed by atoms with Crippen molar-refractivity contribution in [1.29, 1.82) is 0 Å². The van der Waals surface area contributed by atoms with Crippen molar-refractivity contribution in [3.05, 3.63) is 23.8 Å². The zero-order valence-corrected chi connectivity index (χ0v) is 10.1. The lowest BCUT2D eigenvalue weighted by Crippen LogP contribution is -2.22. The number of rotatable bonds is 4. The Morgan fingerprint density at radius 1 is 1.31 bits per heavy atom. The highest BCUT2D eigenvalue weighted by atomic mass is 32.2. The van der Waals surface area contributed by atoms with Crippen LogP contribution in [0.1, 0.15) is 10.4 Å². The Morgan fingerprint density at radius 2 is 1.94 bits per heavy atom. The Kier molecular flexibility index (Phi) is 3.66. The van der Waals surface area contributed by atoms with Crippen LogP contribution in [0.15, 0.2) is 23.1 Å². The van der Waals surface area contributed by atoms with Gasteiger partial charge in [-0.1, -0.05) is 0 Å². The highest BCUT2D eigenvalue weighted by Gasteiger charge is 2.18. The van der Waals surface area contributed by atoms with Crippen LogP contribution in [0.3, 0.4) is 0 Å². The molecular formula is C10H13NO4S. The molecule has 0 amide bonds. The fourth-order valence-electron chi connectivity index (χ4n) is 1.18. The number of aldehydes is 1. The molecule has 88 valence electrons. The molecule has 16 heavy (non-hydrogen) atoms. The Bertz CT molecular complexity index is 494. The molecular weight excluding hydrogens is 230 g/mol. The maximum atomic E-state index is 11.8. The Balaban J connectivity index is 3.34. The van der Waals surface area contributed by atoms with Gasteiger partial charge in [-0.05, 0) is 18.2 Å². The second-order valence-corrected chi connectivity index (χ2v) is 5.46. The van der Waals surface area contributed by atoms with E-state index in [1.165, 1.54) is 39.4 Å². The predicted octanol–water partition coefficient (Wildman–Crippen LogP) is 0.758. The van der Waals surface area contributed by atoms with Crippen molar-refractivity contribution in [3.8, 4) is 5.75 Å². The molecule has 0 atom stereocenters. The van der Waals surface area contributed by atoms with Crippen molar-refractivity contribution in [1.82, 2.24) is 4.31 Å². The van der Waals surface area contributed by atoms with E-state index in [1.807, 2.05) is 0 Å². The van der Waals surface area contributed by atoms with Crippen molar-refractivity contribution in [3.63, 3.8) is 0 Å². The average molecular weight is 243 g/mol. The van der Waals surface area contributed by atoms with Gasteiger partial charge >= 0.3 is 0 Å². The van der Waals surface area contributed by atoms with E-state index < -0.39 is 10.0 Å². The zero-order chi connectivity index (χ0) is 12.3. The maximum absolute atomic E-state index is 11.8. The van der Waals surface area contributed by atoms with Gasteiger partial charge in [-0.3, -0.25) is 4.79 Å². The summed E-state index contributed by atoms with van der Waals surface area (Å²) in [7, 11) is 0.765. The fourth-order valence-corrected chi connectivity index (χ4v) is 2.11. The summed E-state index contributed by atoms with van der Waals surface area (Å²) in [5.41, 5.74) is 0.213. The number of carbonyl (C=O) groups excluding carboxylic acids is 1. The smallest absolute Gasteiger partial charge is 0.242 e. The van der Waals surface area contributed by atoms with Crippen LogP contribution in [-0.4, -0.2) is 40.2 Å². The molecule has 0 spiro atoms. The summed E-state index contributed by atoms with van der Waals surface area (Å²) in [6, 6.07) is 4.16. The van der Waals surface area contributed by atoms with Crippen LogP contribution in [-0.2, 0) is 10.0 Å². The van der Waals surface area contributed by atoms with Gasteiger partial charge < -0.3 is 4.74 Å². The number of nitrogens with zero attached hydrogens (tertiary/aromatic N) is 1. The number of hydrogen-bond acceptors (Lipinski definition) is 4. The monoisotopic (exact) mass is 243 g/mol. The average Bonchev–Trinajstić information content (AvgIpc) is 2.27. The van der Waals surface area contributed by atoms with Crippen molar-refractivity contribution < 1.29 is 17.9 Å². The lowest BCUT2D eigenvalue weighted by Gasteiger charge is -2.12. The first-order valence-electron chi connectivity index (χ1n) is 4.49. The second kappa shape index (κ2) is 4.63. The van der Waals surface area contributed by atoms with E-state index >= 15 is 0 Å². The summed E-state index contributed by atoms with van der Waals surface area (Å²) in [6.45, 7) is 0. The topological polar surface area (TPSA) is 63.7 Å². The van der Waals surface area contributed by atoms with Gasteiger partial charge in [-0.2, -0.15) is 0 Å². The largest absolute Gasteiger partial charge is 0.496 e. The number of benzene rings is 1. The van der Waals surface area contributed by atoms with E-state index in [0.717, 1.165) is 4.31 Å². The normalized spacial score (nSPS) is 11.5. The van der Waals surface area contributed by atoms with Crippen LogP contribution in [0, 0.1) is 0 Å². The highest BCUT2D eigenvalue weighted by molar-refractivity contribution is 7.89. The number of hydrogen-bond donors (Lipinski definition) is 0. The molecule has 0 radical (unpaired) electrons. The Morgan fingerprint density at radius 3 is 2.38 bits per heavy atom. The van der Waals surface area contributed by atoms with E-state index in [4.69, 9.17) is 4.74 Å². The summed E-state index contributed by atoms with van der Waals surface area (Å²) < 4.78 is 29.5. The van der Waals surface area contributed by atoms with Crippen molar-refractivity contribution in [2.75, 3.05) is 21.2 Å². The number of carbonyl (C=O) groups is 1. The van der Waals surface area contributed by atoms with Crippen LogP contribution in [0.4, 0.5) is 0 Å². The number of methoxy groups -OCH3 is 1. The van der Waals surface area contributed by atoms with Gasteiger partial charge in [-0.25, -0.2) is 12.7 Å². The van der Waals surface area contributed by atoms with Gasteiger partial charge in [-0.15, -0.1) is 0 Å². The first-order valence-corrected chi connectivity index (χ1v) is 5.93. The SMILES string of the molecule is COc1ccc(S(=O)(=O)N(C)C)cc1C=O. The van der Waals surface area contributed by atoms with Gasteiger partial charge in [0.1, 0.15) is 5.75 Å². The van der Waals surface area contributed by atoms with Crippen molar-refractivity contribution in [2.24, 2.45) is 0 Å². The standard InChI is InChI=1S/C10H13NO4S/c1-11(2)16(13,14)9-4-5-10(15-3)8(6-9)7-12/h4-7H,1-3H3. The number of ether oxygens (including phenoxy) is 1. The van der Waals surface area contributed by atoms with E-state index in [9.17, 15) is 13.2 Å². The lowest BCUT2D eigenvalue weighted by molar-refractivity contribution is 0.112. The fraction of sp³-hybridized carbons (Fsp3) is 0.300. The molecule has 0 bridgehead atoms. The van der Waals surface area contributed by atoms with Crippen LogP contribution in [0.2, 0.25) is 0 Å². The Labute approximate surface area is 94.7 Å². The van der Waals surface area contributed by atoms with Gasteiger partial charge in [0.2, 0.25) is 10.0 Å². The van der Waals surface area contributed by atoms with Gasteiger partial charge in [0.15, 0.2) is 6.29 Å². The molecule has 1 rings (SSSR count). The summed E-state index contributed by atoms with van der Waals surface area (Å²) in [5.74, 6) is 0.354. The molecule has 0 aliphatic heterocycles. The van der Waals surface area contributed by atoms with E-state index in [0.29, 0.717) is 12.0 Å². The molecule has 1 aromatic rings. The summed E-state index contributed by atoms with van der Waals surface area (Å²) in [4.78, 5) is 10.8. The van der Waals surface area contributed by atoms with Crippen molar-refractivity contribution >= 4 is 16.3 Å². The van der Waals surface area contributed by atoms with E-state index in [-0.39, 0.29) is 10.5 Å². The quantitative estimate of drug-likeness (QED) is 0.732. The van der Waals surface area contributed by atoms with Crippen LogP contribution >= 0.6 is 0 Å². The minimum absolute atomic E-state index is 0.0698. The summed E-state index contributed by atoms with van der Waals surface area (Å²) >= 11 is 0. The molecule has 1 aromatic carbocycles. The zero-order valence-electron chi connectivity index (χ0n) is 9.30. The van der Waals surface area contributed by atoms with Crippen LogP contribution in [0.25, 0.3) is 0 Å². The minimum atomic E-state index is -3.52. The van der Waals surface area contributed by atoms with Crippen molar-refractivity contribution in [2.45, 2.75) is 4.90 Å². The molecule has 0 fully saturated rings. The maximum Gasteiger partial charge on any atom is 0.242 e. The number of sulfonamides is 1. The first-order chi connectivity index (χ1) is 7.43. The molecule has 0 saturated carbocycles. The molecule has 0 aliphatic rings. The third kappa shape index (κ3) is 2.23. The molecule has 0 aromatic heterocycles.